The second-order valence-corrected chi connectivity index (χ2v) is 3.96. The summed E-state index contributed by atoms with van der Waals surface area (Å²) in [5.74, 6) is 0.119. The maximum atomic E-state index is 11.4. The summed E-state index contributed by atoms with van der Waals surface area (Å²) in [4.78, 5) is 17.1. The quantitative estimate of drug-likeness (QED) is 0.784. The van der Waals surface area contributed by atoms with Gasteiger partial charge < -0.3 is 15.5 Å². The molecule has 0 fully saturated rings. The third kappa shape index (κ3) is 4.72. The van der Waals surface area contributed by atoms with Crippen molar-refractivity contribution < 1.29 is 4.79 Å². The summed E-state index contributed by atoms with van der Waals surface area (Å²) in [5.41, 5.74) is 1.91. The number of amides is 1. The van der Waals surface area contributed by atoms with Gasteiger partial charge in [0.15, 0.2) is 0 Å². The van der Waals surface area contributed by atoms with Crippen molar-refractivity contribution in [1.82, 2.24) is 9.88 Å². The van der Waals surface area contributed by atoms with Gasteiger partial charge in [-0.3, -0.25) is 9.78 Å². The maximum absolute atomic E-state index is 11.4. The van der Waals surface area contributed by atoms with Gasteiger partial charge in [-0.25, -0.2) is 0 Å². The fraction of sp³-hybridized carbons (Fsp3) is 0.500. The van der Waals surface area contributed by atoms with Gasteiger partial charge in [-0.2, -0.15) is 0 Å². The minimum atomic E-state index is 0.119. The van der Waals surface area contributed by atoms with E-state index in [4.69, 9.17) is 0 Å². The number of carbonyl (C=O) groups excluding carboxylic acids is 1. The van der Waals surface area contributed by atoms with Crippen LogP contribution in [-0.2, 0) is 4.79 Å². The Morgan fingerprint density at radius 3 is 2.53 bits per heavy atom. The van der Waals surface area contributed by atoms with Crippen LogP contribution in [-0.4, -0.2) is 43.0 Å². The predicted octanol–water partition coefficient (Wildman–Crippen LogP) is 1.40. The summed E-state index contributed by atoms with van der Waals surface area (Å²) in [6.07, 6.45) is 4.01. The van der Waals surface area contributed by atoms with E-state index in [1.807, 2.05) is 13.0 Å². The van der Waals surface area contributed by atoms with Gasteiger partial charge in [-0.05, 0) is 13.0 Å². The van der Waals surface area contributed by atoms with Gasteiger partial charge in [0, 0.05) is 33.6 Å². The van der Waals surface area contributed by atoms with Crippen LogP contribution in [0.15, 0.2) is 18.5 Å². The Labute approximate surface area is 102 Å². The van der Waals surface area contributed by atoms with Gasteiger partial charge in [0.2, 0.25) is 5.91 Å². The molecule has 0 aromatic carbocycles. The number of pyridine rings is 1. The molecule has 0 spiro atoms. The van der Waals surface area contributed by atoms with E-state index in [0.29, 0.717) is 13.0 Å². The molecule has 1 heterocycles. The van der Waals surface area contributed by atoms with Crippen LogP contribution in [0.2, 0.25) is 0 Å². The van der Waals surface area contributed by atoms with Crippen LogP contribution in [0.5, 0.6) is 0 Å². The lowest BCUT2D eigenvalue weighted by atomic mass is 10.3. The van der Waals surface area contributed by atoms with Crippen molar-refractivity contribution in [3.8, 4) is 0 Å². The Morgan fingerprint density at radius 2 is 1.94 bits per heavy atom. The van der Waals surface area contributed by atoms with Crippen LogP contribution in [0.1, 0.15) is 13.3 Å². The zero-order valence-electron chi connectivity index (χ0n) is 10.7. The molecule has 0 unspecified atom stereocenters. The number of hydrogen-bond acceptors (Lipinski definition) is 4. The first-order valence-corrected chi connectivity index (χ1v) is 5.76. The second-order valence-electron chi connectivity index (χ2n) is 3.96. The third-order valence-electron chi connectivity index (χ3n) is 2.29. The molecule has 2 N–H and O–H groups in total. The fourth-order valence-corrected chi connectivity index (χ4v) is 1.37. The minimum Gasteiger partial charge on any atom is -0.384 e. The minimum absolute atomic E-state index is 0.119. The summed E-state index contributed by atoms with van der Waals surface area (Å²) in [7, 11) is 3.52. The predicted molar refractivity (Wildman–Crippen MR) is 70.2 cm³/mol. The first-order chi connectivity index (χ1) is 8.13. The van der Waals surface area contributed by atoms with Crippen LogP contribution in [0.3, 0.4) is 0 Å². The van der Waals surface area contributed by atoms with Crippen LogP contribution in [0, 0.1) is 0 Å². The van der Waals surface area contributed by atoms with Crippen molar-refractivity contribution in [3.63, 3.8) is 0 Å². The molecule has 94 valence electrons. The molecule has 0 saturated carbocycles. The maximum Gasteiger partial charge on any atom is 0.223 e. The molecule has 0 aliphatic heterocycles. The molecule has 1 amide bonds. The molecular weight excluding hydrogens is 216 g/mol. The lowest BCUT2D eigenvalue weighted by molar-refractivity contribution is -0.128. The van der Waals surface area contributed by atoms with E-state index in [2.05, 4.69) is 15.6 Å². The van der Waals surface area contributed by atoms with Crippen LogP contribution in [0.4, 0.5) is 11.4 Å². The van der Waals surface area contributed by atoms with E-state index in [1.165, 1.54) is 0 Å². The number of nitrogens with one attached hydrogen (secondary N) is 2. The van der Waals surface area contributed by atoms with E-state index < -0.39 is 0 Å². The highest BCUT2D eigenvalue weighted by molar-refractivity contribution is 5.76. The van der Waals surface area contributed by atoms with Gasteiger partial charge >= 0.3 is 0 Å². The molecule has 0 aliphatic rings. The van der Waals surface area contributed by atoms with Crippen molar-refractivity contribution >= 4 is 17.3 Å². The monoisotopic (exact) mass is 236 g/mol. The Morgan fingerprint density at radius 1 is 1.29 bits per heavy atom. The average Bonchev–Trinajstić information content (AvgIpc) is 2.29. The van der Waals surface area contributed by atoms with E-state index in [1.54, 1.807) is 31.4 Å². The lowest BCUT2D eigenvalue weighted by Crippen LogP contribution is -2.23. The largest absolute Gasteiger partial charge is 0.384 e. The van der Waals surface area contributed by atoms with Gasteiger partial charge in [0.05, 0.1) is 23.8 Å². The molecule has 1 aromatic heterocycles. The average molecular weight is 236 g/mol. The Balaban J connectivity index is 2.41. The van der Waals surface area contributed by atoms with Crippen LogP contribution >= 0.6 is 0 Å². The first-order valence-electron chi connectivity index (χ1n) is 5.76. The molecule has 5 heteroatoms. The van der Waals surface area contributed by atoms with Crippen molar-refractivity contribution in [2.75, 3.05) is 37.8 Å². The number of nitrogens with zero attached hydrogens (tertiary/aromatic N) is 2. The zero-order valence-corrected chi connectivity index (χ0v) is 10.7. The topological polar surface area (TPSA) is 57.3 Å². The molecule has 5 nitrogen and oxygen atoms in total. The molecule has 0 radical (unpaired) electrons. The van der Waals surface area contributed by atoms with Crippen LogP contribution < -0.4 is 10.6 Å². The molecule has 0 bridgehead atoms. The van der Waals surface area contributed by atoms with Crippen molar-refractivity contribution in [1.29, 1.82) is 0 Å². The highest BCUT2D eigenvalue weighted by atomic mass is 16.2. The molecule has 1 rings (SSSR count). The summed E-state index contributed by atoms with van der Waals surface area (Å²) in [5, 5.41) is 6.37. The number of carbonyl (C=O) groups is 1. The molecular formula is C12H20N4O. The van der Waals surface area contributed by atoms with E-state index in [-0.39, 0.29) is 5.91 Å². The van der Waals surface area contributed by atoms with Crippen molar-refractivity contribution in [2.24, 2.45) is 0 Å². The van der Waals surface area contributed by atoms with Crippen molar-refractivity contribution in [3.05, 3.63) is 18.5 Å². The Bertz CT molecular complexity index is 365. The summed E-state index contributed by atoms with van der Waals surface area (Å²) < 4.78 is 0. The number of hydrogen-bond donors (Lipinski definition) is 2. The van der Waals surface area contributed by atoms with E-state index in [0.717, 1.165) is 17.9 Å². The lowest BCUT2D eigenvalue weighted by Gasteiger charge is -2.11. The zero-order chi connectivity index (χ0) is 12.7. The molecule has 17 heavy (non-hydrogen) atoms. The van der Waals surface area contributed by atoms with Gasteiger partial charge in [-0.1, -0.05) is 0 Å². The van der Waals surface area contributed by atoms with E-state index >= 15 is 0 Å². The van der Waals surface area contributed by atoms with E-state index in [9.17, 15) is 4.79 Å². The molecule has 0 aliphatic carbocycles. The number of anilines is 2. The Hall–Kier alpha value is -1.78. The van der Waals surface area contributed by atoms with Gasteiger partial charge in [-0.15, -0.1) is 0 Å². The number of aromatic nitrogens is 1. The number of rotatable bonds is 6. The molecule has 1 aromatic rings. The summed E-state index contributed by atoms with van der Waals surface area (Å²) in [6, 6.07) is 1.98. The van der Waals surface area contributed by atoms with Gasteiger partial charge in [0.25, 0.3) is 0 Å². The molecule has 0 saturated heterocycles. The highest BCUT2D eigenvalue weighted by Crippen LogP contribution is 2.12. The third-order valence-corrected chi connectivity index (χ3v) is 2.29. The smallest absolute Gasteiger partial charge is 0.223 e. The first kappa shape index (κ1) is 13.3. The highest BCUT2D eigenvalue weighted by Gasteiger charge is 2.03. The van der Waals surface area contributed by atoms with Crippen molar-refractivity contribution in [2.45, 2.75) is 13.3 Å². The van der Waals surface area contributed by atoms with Gasteiger partial charge in [0.1, 0.15) is 0 Å². The fourth-order valence-electron chi connectivity index (χ4n) is 1.37. The summed E-state index contributed by atoms with van der Waals surface area (Å²) >= 11 is 0. The Kier molecular flexibility index (Phi) is 5.26. The molecule has 0 atom stereocenters. The normalized spacial score (nSPS) is 9.82. The standard InChI is InChI=1S/C12H20N4O/c1-4-14-10-7-11(9-13-8-10)15-6-5-12(17)16(2)3/h7-9,14-15H,4-6H2,1-3H3. The van der Waals surface area contributed by atoms with Crippen LogP contribution in [0.25, 0.3) is 0 Å². The summed E-state index contributed by atoms with van der Waals surface area (Å²) in [6.45, 7) is 3.52. The second kappa shape index (κ2) is 6.73. The SMILES string of the molecule is CCNc1cncc(NCCC(=O)N(C)C)c1.